The van der Waals surface area contributed by atoms with E-state index < -0.39 is 12.2 Å². The second kappa shape index (κ2) is 10.9. The minimum absolute atomic E-state index is 0.0154. The Morgan fingerprint density at radius 2 is 1.92 bits per heavy atom. The maximum absolute atomic E-state index is 13.9. The zero-order chi connectivity index (χ0) is 25.1. The van der Waals surface area contributed by atoms with Crippen molar-refractivity contribution in [2.75, 3.05) is 25.1 Å². The SMILES string of the molecule is O=C(C[C@@H]1C[C@H]2c3cc(NC(=O)C4CCOCC4)ccc3O[C@H]2[C@H](CO)O1)NCc1ccccc1F. The van der Waals surface area contributed by atoms with Gasteiger partial charge in [-0.1, -0.05) is 18.2 Å². The first-order chi connectivity index (χ1) is 17.5. The number of carbonyl (C=O) groups is 2. The van der Waals surface area contributed by atoms with Gasteiger partial charge in [0.1, 0.15) is 23.8 Å². The lowest BCUT2D eigenvalue weighted by atomic mass is 9.84. The predicted molar refractivity (Wildman–Crippen MR) is 129 cm³/mol. The van der Waals surface area contributed by atoms with Crippen LogP contribution in [0.15, 0.2) is 42.5 Å². The molecule has 0 unspecified atom stereocenters. The molecule has 0 bridgehead atoms. The number of rotatable bonds is 7. The van der Waals surface area contributed by atoms with Gasteiger partial charge in [-0.15, -0.1) is 0 Å². The van der Waals surface area contributed by atoms with Gasteiger partial charge in [-0.05, 0) is 43.5 Å². The zero-order valence-corrected chi connectivity index (χ0v) is 20.0. The van der Waals surface area contributed by atoms with Gasteiger partial charge < -0.3 is 30.0 Å². The van der Waals surface area contributed by atoms with Gasteiger partial charge in [0.15, 0.2) is 0 Å². The highest BCUT2D eigenvalue weighted by atomic mass is 19.1. The highest BCUT2D eigenvalue weighted by Crippen LogP contribution is 2.47. The molecule has 0 aromatic heterocycles. The van der Waals surface area contributed by atoms with E-state index in [1.165, 1.54) is 6.07 Å². The number of anilines is 1. The van der Waals surface area contributed by atoms with Crippen LogP contribution in [0.25, 0.3) is 0 Å². The fourth-order valence-corrected chi connectivity index (χ4v) is 5.29. The Labute approximate surface area is 209 Å². The summed E-state index contributed by atoms with van der Waals surface area (Å²) >= 11 is 0. The van der Waals surface area contributed by atoms with Gasteiger partial charge in [-0.3, -0.25) is 9.59 Å². The van der Waals surface area contributed by atoms with Crippen molar-refractivity contribution in [2.24, 2.45) is 5.92 Å². The lowest BCUT2D eigenvalue weighted by molar-refractivity contribution is -0.142. The molecule has 5 rings (SSSR count). The number of benzene rings is 2. The van der Waals surface area contributed by atoms with E-state index >= 15 is 0 Å². The third kappa shape index (κ3) is 5.38. The molecule has 8 nitrogen and oxygen atoms in total. The molecule has 2 aromatic rings. The number of aliphatic hydroxyl groups excluding tert-OH is 1. The van der Waals surface area contributed by atoms with Crippen LogP contribution in [0.3, 0.4) is 0 Å². The normalized spacial score (nSPS) is 25.4. The molecule has 3 aliphatic heterocycles. The summed E-state index contributed by atoms with van der Waals surface area (Å²) in [7, 11) is 0. The Bertz CT molecular complexity index is 1110. The first kappa shape index (κ1) is 24.7. The molecule has 3 N–H and O–H groups in total. The maximum Gasteiger partial charge on any atom is 0.227 e. The number of amides is 2. The van der Waals surface area contributed by atoms with Crippen molar-refractivity contribution in [3.8, 4) is 5.75 Å². The number of halogens is 1. The van der Waals surface area contributed by atoms with Crippen LogP contribution in [0.4, 0.5) is 10.1 Å². The molecule has 3 heterocycles. The second-order valence-corrected chi connectivity index (χ2v) is 9.60. The molecule has 0 spiro atoms. The summed E-state index contributed by atoms with van der Waals surface area (Å²) in [5.41, 5.74) is 2.04. The van der Waals surface area contributed by atoms with E-state index in [-0.39, 0.29) is 55.1 Å². The summed E-state index contributed by atoms with van der Waals surface area (Å²) in [5.74, 6) is -0.0938. The fourth-order valence-electron chi connectivity index (χ4n) is 5.29. The van der Waals surface area contributed by atoms with Gasteiger partial charge in [-0.25, -0.2) is 4.39 Å². The fraction of sp³-hybridized carbons (Fsp3) is 0.481. The molecule has 2 amide bonds. The van der Waals surface area contributed by atoms with Crippen molar-refractivity contribution in [1.82, 2.24) is 5.32 Å². The summed E-state index contributed by atoms with van der Waals surface area (Å²) in [6, 6.07) is 11.9. The van der Waals surface area contributed by atoms with Gasteiger partial charge in [0.05, 0.1) is 19.1 Å². The molecular formula is C27H31FN2O6. The molecule has 3 aliphatic rings. The molecule has 2 fully saturated rings. The van der Waals surface area contributed by atoms with Crippen molar-refractivity contribution < 1.29 is 33.3 Å². The van der Waals surface area contributed by atoms with Crippen LogP contribution in [-0.2, 0) is 25.6 Å². The Morgan fingerprint density at radius 3 is 2.69 bits per heavy atom. The Kier molecular flexibility index (Phi) is 7.50. The van der Waals surface area contributed by atoms with Crippen LogP contribution in [-0.4, -0.2) is 55.1 Å². The minimum Gasteiger partial charge on any atom is -0.487 e. The molecule has 0 aliphatic carbocycles. The molecule has 9 heteroatoms. The largest absolute Gasteiger partial charge is 0.487 e. The van der Waals surface area contributed by atoms with Crippen LogP contribution < -0.4 is 15.4 Å². The van der Waals surface area contributed by atoms with Gasteiger partial charge in [-0.2, -0.15) is 0 Å². The average Bonchev–Trinajstić information content (AvgIpc) is 3.26. The quantitative estimate of drug-likeness (QED) is 0.542. The summed E-state index contributed by atoms with van der Waals surface area (Å²) in [6.45, 7) is 1.04. The van der Waals surface area contributed by atoms with Crippen molar-refractivity contribution in [3.05, 3.63) is 59.4 Å². The van der Waals surface area contributed by atoms with E-state index in [1.54, 1.807) is 18.2 Å². The van der Waals surface area contributed by atoms with Crippen LogP contribution in [0.1, 0.15) is 42.7 Å². The molecule has 192 valence electrons. The first-order valence-corrected chi connectivity index (χ1v) is 12.5. The lowest BCUT2D eigenvalue weighted by Gasteiger charge is -2.37. The summed E-state index contributed by atoms with van der Waals surface area (Å²) < 4.78 is 31.3. The lowest BCUT2D eigenvalue weighted by Crippen LogP contribution is -2.47. The zero-order valence-electron chi connectivity index (χ0n) is 20.0. The van der Waals surface area contributed by atoms with Crippen LogP contribution in [0.5, 0.6) is 5.75 Å². The molecular weight excluding hydrogens is 467 g/mol. The number of aliphatic hydroxyl groups is 1. The highest BCUT2D eigenvalue weighted by Gasteiger charge is 2.46. The minimum atomic E-state index is -0.583. The van der Waals surface area contributed by atoms with E-state index in [1.807, 2.05) is 18.2 Å². The Morgan fingerprint density at radius 1 is 1.11 bits per heavy atom. The monoisotopic (exact) mass is 498 g/mol. The molecule has 2 aromatic carbocycles. The van der Waals surface area contributed by atoms with Crippen molar-refractivity contribution in [2.45, 2.75) is 56.5 Å². The van der Waals surface area contributed by atoms with Gasteiger partial charge in [0, 0.05) is 48.4 Å². The number of fused-ring (bicyclic) bond motifs is 3. The van der Waals surface area contributed by atoms with Crippen LogP contribution in [0.2, 0.25) is 0 Å². The third-order valence-corrected chi connectivity index (χ3v) is 7.21. The van der Waals surface area contributed by atoms with Crippen molar-refractivity contribution >= 4 is 17.5 Å². The van der Waals surface area contributed by atoms with Crippen LogP contribution in [0, 0.1) is 11.7 Å². The van der Waals surface area contributed by atoms with E-state index in [0.717, 1.165) is 5.56 Å². The number of carbonyl (C=O) groups excluding carboxylic acids is 2. The number of hydrogen-bond acceptors (Lipinski definition) is 6. The molecule has 4 atom stereocenters. The predicted octanol–water partition coefficient (Wildman–Crippen LogP) is 2.89. The highest BCUT2D eigenvalue weighted by molar-refractivity contribution is 5.92. The Hall–Kier alpha value is -3.01. The molecule has 0 saturated carbocycles. The molecule has 36 heavy (non-hydrogen) atoms. The van der Waals surface area contributed by atoms with Crippen LogP contribution >= 0.6 is 0 Å². The number of ether oxygens (including phenoxy) is 3. The van der Waals surface area contributed by atoms with Crippen molar-refractivity contribution in [3.63, 3.8) is 0 Å². The van der Waals surface area contributed by atoms with E-state index in [2.05, 4.69) is 10.6 Å². The standard InChI is InChI=1S/C27H31FN2O6/c28-22-4-2-1-3-17(22)14-29-25(32)13-19-12-21-20-11-18(30-27(33)16-7-9-34-10-8-16)5-6-23(20)36-26(21)24(15-31)35-19/h1-6,11,16,19,21,24,26,31H,7-10,12-15H2,(H,29,32)(H,30,33)/t19-,21-,24-,26+/m0/s1. The van der Waals surface area contributed by atoms with E-state index in [4.69, 9.17) is 14.2 Å². The van der Waals surface area contributed by atoms with E-state index in [9.17, 15) is 19.1 Å². The van der Waals surface area contributed by atoms with E-state index in [0.29, 0.717) is 49.5 Å². The summed E-state index contributed by atoms with van der Waals surface area (Å²) in [5, 5.41) is 15.7. The first-order valence-electron chi connectivity index (χ1n) is 12.5. The smallest absolute Gasteiger partial charge is 0.227 e. The third-order valence-electron chi connectivity index (χ3n) is 7.21. The van der Waals surface area contributed by atoms with Crippen molar-refractivity contribution in [1.29, 1.82) is 0 Å². The van der Waals surface area contributed by atoms with Gasteiger partial charge >= 0.3 is 0 Å². The number of hydrogen-bond donors (Lipinski definition) is 3. The summed E-state index contributed by atoms with van der Waals surface area (Å²) in [6.07, 6.45) is 0.646. The molecule has 0 radical (unpaired) electrons. The second-order valence-electron chi connectivity index (χ2n) is 9.60. The topological polar surface area (TPSA) is 106 Å². The maximum atomic E-state index is 13.9. The molecule has 2 saturated heterocycles. The van der Waals surface area contributed by atoms with Gasteiger partial charge in [0.2, 0.25) is 11.8 Å². The summed E-state index contributed by atoms with van der Waals surface area (Å²) in [4.78, 5) is 25.3. The van der Waals surface area contributed by atoms with Gasteiger partial charge in [0.25, 0.3) is 0 Å². The number of nitrogens with one attached hydrogen (secondary N) is 2. The Balaban J connectivity index is 1.24. The average molecular weight is 499 g/mol.